The van der Waals surface area contributed by atoms with Crippen LogP contribution in [0.15, 0.2) is 36.4 Å². The van der Waals surface area contributed by atoms with Gasteiger partial charge in [0.05, 0.1) is 26.9 Å². The average Bonchev–Trinajstić information content (AvgIpc) is 3.19. The standard InChI is InChI=1S/C26H32F3N3O4/c1-32-10-9-25(16-5-6-21(35-3)22(13-16)36-4)8-7-18(15-23(25)32)30-24(33)31-19-11-17(26(27,28)29)12-20(14-19)34-2/h5-6,11-14,18,23H,7-10,15H2,1-4H3,(H2,30,31,33). The zero-order valence-electron chi connectivity index (χ0n) is 20.9. The van der Waals surface area contributed by atoms with Crippen LogP contribution in [-0.2, 0) is 11.6 Å². The van der Waals surface area contributed by atoms with Crippen LogP contribution in [0.2, 0.25) is 0 Å². The fourth-order valence-corrected chi connectivity index (χ4v) is 5.70. The average molecular weight is 508 g/mol. The third-order valence-electron chi connectivity index (χ3n) is 7.55. The SMILES string of the molecule is COc1cc(NC(=O)NC2CCC3(c4ccc(OC)c(OC)c4)CCN(C)C3C2)cc(C(F)(F)F)c1. The van der Waals surface area contributed by atoms with E-state index in [4.69, 9.17) is 14.2 Å². The summed E-state index contributed by atoms with van der Waals surface area (Å²) < 4.78 is 55.6. The van der Waals surface area contributed by atoms with E-state index in [-0.39, 0.29) is 28.9 Å². The van der Waals surface area contributed by atoms with E-state index in [1.54, 1.807) is 14.2 Å². The van der Waals surface area contributed by atoms with Crippen LogP contribution in [0.3, 0.4) is 0 Å². The molecule has 10 heteroatoms. The topological polar surface area (TPSA) is 72.1 Å². The lowest BCUT2D eigenvalue weighted by Crippen LogP contribution is -2.52. The first-order valence-electron chi connectivity index (χ1n) is 11.9. The van der Waals surface area contributed by atoms with Gasteiger partial charge in [0.15, 0.2) is 11.5 Å². The smallest absolute Gasteiger partial charge is 0.416 e. The minimum Gasteiger partial charge on any atom is -0.497 e. The molecule has 3 atom stereocenters. The first-order valence-corrected chi connectivity index (χ1v) is 11.9. The second kappa shape index (κ2) is 10.1. The molecule has 2 amide bonds. The molecule has 7 nitrogen and oxygen atoms in total. The zero-order chi connectivity index (χ0) is 26.1. The molecule has 1 aliphatic carbocycles. The molecule has 1 saturated carbocycles. The summed E-state index contributed by atoms with van der Waals surface area (Å²) in [6.45, 7) is 0.932. The molecule has 2 aromatic rings. The van der Waals surface area contributed by atoms with Crippen molar-refractivity contribution in [1.29, 1.82) is 0 Å². The van der Waals surface area contributed by atoms with Gasteiger partial charge in [-0.1, -0.05) is 6.07 Å². The number of halogens is 3. The molecule has 2 aromatic carbocycles. The number of anilines is 1. The third kappa shape index (κ3) is 5.04. The Morgan fingerprint density at radius 3 is 2.44 bits per heavy atom. The van der Waals surface area contributed by atoms with Crippen LogP contribution in [0, 0.1) is 0 Å². The summed E-state index contributed by atoms with van der Waals surface area (Å²) in [5, 5.41) is 5.50. The summed E-state index contributed by atoms with van der Waals surface area (Å²) in [7, 11) is 6.60. The van der Waals surface area contributed by atoms with Crippen molar-refractivity contribution in [3.05, 3.63) is 47.5 Å². The highest BCUT2D eigenvalue weighted by Crippen LogP contribution is 2.50. The van der Waals surface area contributed by atoms with Crippen molar-refractivity contribution in [3.63, 3.8) is 0 Å². The molecular weight excluding hydrogens is 475 g/mol. The van der Waals surface area contributed by atoms with Crippen LogP contribution < -0.4 is 24.8 Å². The molecular formula is C26H32F3N3O4. The quantitative estimate of drug-likeness (QED) is 0.573. The number of urea groups is 1. The van der Waals surface area contributed by atoms with E-state index in [2.05, 4.69) is 28.6 Å². The number of rotatable bonds is 6. The lowest BCUT2D eigenvalue weighted by Gasteiger charge is -2.45. The van der Waals surface area contributed by atoms with Gasteiger partial charge in [-0.25, -0.2) is 4.79 Å². The fraction of sp³-hybridized carbons (Fsp3) is 0.500. The highest BCUT2D eigenvalue weighted by Gasteiger charge is 2.50. The van der Waals surface area contributed by atoms with E-state index in [1.807, 2.05) is 12.1 Å². The highest BCUT2D eigenvalue weighted by atomic mass is 19.4. The minimum absolute atomic E-state index is 0.0186. The van der Waals surface area contributed by atoms with E-state index < -0.39 is 17.8 Å². The fourth-order valence-electron chi connectivity index (χ4n) is 5.70. The van der Waals surface area contributed by atoms with Crippen molar-refractivity contribution in [2.75, 3.05) is 40.2 Å². The van der Waals surface area contributed by atoms with Crippen LogP contribution >= 0.6 is 0 Å². The van der Waals surface area contributed by atoms with Crippen molar-refractivity contribution in [1.82, 2.24) is 10.2 Å². The molecule has 1 heterocycles. The number of nitrogens with one attached hydrogen (secondary N) is 2. The monoisotopic (exact) mass is 507 g/mol. The Bertz CT molecular complexity index is 1110. The number of amides is 2. The molecule has 0 spiro atoms. The number of hydrogen-bond acceptors (Lipinski definition) is 5. The van der Waals surface area contributed by atoms with Gasteiger partial charge < -0.3 is 29.7 Å². The summed E-state index contributed by atoms with van der Waals surface area (Å²) in [6.07, 6.45) is -1.22. The predicted molar refractivity (Wildman–Crippen MR) is 130 cm³/mol. The Balaban J connectivity index is 1.48. The summed E-state index contributed by atoms with van der Waals surface area (Å²) in [4.78, 5) is 15.1. The van der Waals surface area contributed by atoms with Gasteiger partial charge >= 0.3 is 12.2 Å². The molecule has 1 saturated heterocycles. The van der Waals surface area contributed by atoms with Gasteiger partial charge in [0, 0.05) is 29.3 Å². The lowest BCUT2D eigenvalue weighted by molar-refractivity contribution is -0.137. The number of likely N-dealkylation sites (N-methyl/N-ethyl adjacent to an activating group) is 1. The molecule has 1 aliphatic heterocycles. The number of carbonyl (C=O) groups is 1. The summed E-state index contributed by atoms with van der Waals surface area (Å²) in [5.74, 6) is 1.39. The van der Waals surface area contributed by atoms with Crippen molar-refractivity contribution < 1.29 is 32.2 Å². The second-order valence-corrected chi connectivity index (χ2v) is 9.49. The zero-order valence-corrected chi connectivity index (χ0v) is 20.9. The number of methoxy groups -OCH3 is 3. The van der Waals surface area contributed by atoms with Crippen LogP contribution in [0.5, 0.6) is 17.2 Å². The second-order valence-electron chi connectivity index (χ2n) is 9.49. The largest absolute Gasteiger partial charge is 0.497 e. The lowest BCUT2D eigenvalue weighted by atomic mass is 9.65. The number of hydrogen-bond donors (Lipinski definition) is 2. The molecule has 3 unspecified atom stereocenters. The highest BCUT2D eigenvalue weighted by molar-refractivity contribution is 5.89. The van der Waals surface area contributed by atoms with E-state index in [1.165, 1.54) is 18.7 Å². The number of nitrogens with zero attached hydrogens (tertiary/aromatic N) is 1. The predicted octanol–water partition coefficient (Wildman–Crippen LogP) is 5.05. The molecule has 0 radical (unpaired) electrons. The van der Waals surface area contributed by atoms with Gasteiger partial charge in [0.25, 0.3) is 0 Å². The normalized spacial score (nSPS) is 24.1. The number of alkyl halides is 3. The Morgan fingerprint density at radius 2 is 1.78 bits per heavy atom. The van der Waals surface area contributed by atoms with Gasteiger partial charge in [0.2, 0.25) is 0 Å². The maximum absolute atomic E-state index is 13.2. The number of ether oxygens (including phenoxy) is 3. The van der Waals surface area contributed by atoms with Crippen LogP contribution in [0.25, 0.3) is 0 Å². The maximum atomic E-state index is 13.2. The Kier molecular flexibility index (Phi) is 7.26. The number of carbonyl (C=O) groups excluding carboxylic acids is 1. The molecule has 196 valence electrons. The van der Waals surface area contributed by atoms with Crippen molar-refractivity contribution in [3.8, 4) is 17.2 Å². The Hall–Kier alpha value is -3.14. The third-order valence-corrected chi connectivity index (χ3v) is 7.55. The van der Waals surface area contributed by atoms with E-state index in [0.29, 0.717) is 11.5 Å². The minimum atomic E-state index is -4.55. The first-order chi connectivity index (χ1) is 17.1. The molecule has 0 aromatic heterocycles. The Morgan fingerprint density at radius 1 is 1.03 bits per heavy atom. The maximum Gasteiger partial charge on any atom is 0.416 e. The molecule has 0 bridgehead atoms. The molecule has 2 N–H and O–H groups in total. The molecule has 4 rings (SSSR count). The van der Waals surface area contributed by atoms with E-state index in [0.717, 1.165) is 44.4 Å². The van der Waals surface area contributed by atoms with Crippen molar-refractivity contribution >= 4 is 11.7 Å². The van der Waals surface area contributed by atoms with Gasteiger partial charge in [0.1, 0.15) is 5.75 Å². The van der Waals surface area contributed by atoms with Gasteiger partial charge in [-0.15, -0.1) is 0 Å². The van der Waals surface area contributed by atoms with Crippen LogP contribution in [-0.4, -0.2) is 57.9 Å². The molecule has 2 aliphatic rings. The summed E-state index contributed by atoms with van der Waals surface area (Å²) in [6, 6.07) is 8.77. The number of benzene rings is 2. The molecule has 2 fully saturated rings. The van der Waals surface area contributed by atoms with Gasteiger partial charge in [-0.2, -0.15) is 13.2 Å². The Labute approximate surface area is 208 Å². The van der Waals surface area contributed by atoms with Crippen molar-refractivity contribution in [2.45, 2.75) is 49.4 Å². The first kappa shape index (κ1) is 25.9. The van der Waals surface area contributed by atoms with Crippen LogP contribution in [0.4, 0.5) is 23.7 Å². The summed E-state index contributed by atoms with van der Waals surface area (Å²) in [5.41, 5.74) is 0.250. The molecule has 36 heavy (non-hydrogen) atoms. The number of likely N-dealkylation sites (tertiary alicyclic amines) is 1. The van der Waals surface area contributed by atoms with Crippen molar-refractivity contribution in [2.24, 2.45) is 0 Å². The van der Waals surface area contributed by atoms with Crippen LogP contribution in [0.1, 0.15) is 36.8 Å². The number of fused-ring (bicyclic) bond motifs is 1. The summed E-state index contributed by atoms with van der Waals surface area (Å²) >= 11 is 0. The van der Waals surface area contributed by atoms with E-state index in [9.17, 15) is 18.0 Å². The van der Waals surface area contributed by atoms with Gasteiger partial charge in [-0.3, -0.25) is 0 Å². The van der Waals surface area contributed by atoms with E-state index >= 15 is 0 Å². The van der Waals surface area contributed by atoms with Gasteiger partial charge in [-0.05, 0) is 69.1 Å².